The molecule has 1 fully saturated rings. The summed E-state index contributed by atoms with van der Waals surface area (Å²) in [5.41, 5.74) is 0.952. The zero-order chi connectivity index (χ0) is 16.5. The Kier molecular flexibility index (Phi) is 4.14. The van der Waals surface area contributed by atoms with E-state index in [1.54, 1.807) is 6.20 Å². The van der Waals surface area contributed by atoms with Crippen molar-refractivity contribution in [3.05, 3.63) is 29.3 Å². The van der Waals surface area contributed by atoms with Crippen LogP contribution in [0.5, 0.6) is 11.5 Å². The van der Waals surface area contributed by atoms with E-state index in [-0.39, 0.29) is 12.7 Å². The van der Waals surface area contributed by atoms with Crippen LogP contribution in [0.4, 0.5) is 0 Å². The van der Waals surface area contributed by atoms with Crippen LogP contribution in [0, 0.1) is 5.92 Å². The lowest BCUT2D eigenvalue weighted by atomic mass is 10.0. The number of fused-ring (bicyclic) bond motifs is 1. The number of nitrogens with zero attached hydrogens (tertiary/aromatic N) is 2. The summed E-state index contributed by atoms with van der Waals surface area (Å²) in [5.74, 6) is 2.30. The molecule has 0 bridgehead atoms. The molecule has 5 nitrogen and oxygen atoms in total. The van der Waals surface area contributed by atoms with Crippen molar-refractivity contribution in [3.63, 3.8) is 0 Å². The second-order valence-electron chi connectivity index (χ2n) is 6.43. The monoisotopic (exact) mass is 344 g/mol. The maximum atomic E-state index is 12.7. The molecule has 1 amide bonds. The van der Waals surface area contributed by atoms with Crippen LogP contribution in [0.2, 0.25) is 0 Å². The molecule has 2 aliphatic heterocycles. The van der Waals surface area contributed by atoms with E-state index in [9.17, 15) is 4.79 Å². The van der Waals surface area contributed by atoms with Crippen molar-refractivity contribution in [2.75, 3.05) is 19.9 Å². The minimum Gasteiger partial charge on any atom is -0.454 e. The zero-order valence-corrected chi connectivity index (χ0v) is 14.5. The van der Waals surface area contributed by atoms with Gasteiger partial charge in [0.15, 0.2) is 11.5 Å². The Morgan fingerprint density at radius 3 is 3.04 bits per heavy atom. The molecule has 1 aromatic heterocycles. The van der Waals surface area contributed by atoms with Crippen molar-refractivity contribution in [2.24, 2.45) is 5.92 Å². The third-order valence-corrected chi connectivity index (χ3v) is 5.67. The molecule has 24 heavy (non-hydrogen) atoms. The summed E-state index contributed by atoms with van der Waals surface area (Å²) in [6, 6.07) is 5.76. The van der Waals surface area contributed by atoms with Crippen LogP contribution in [0.1, 0.15) is 35.9 Å². The number of carbonyl (C=O) groups is 1. The molecule has 3 heterocycles. The van der Waals surface area contributed by atoms with Gasteiger partial charge in [-0.15, -0.1) is 11.3 Å². The topological polar surface area (TPSA) is 51.7 Å². The number of hydrogen-bond acceptors (Lipinski definition) is 5. The number of thiazole rings is 1. The summed E-state index contributed by atoms with van der Waals surface area (Å²) < 4.78 is 10.7. The van der Waals surface area contributed by atoms with E-state index in [1.165, 1.54) is 17.8 Å². The minimum atomic E-state index is 0.105. The van der Waals surface area contributed by atoms with Gasteiger partial charge in [0.05, 0.1) is 6.20 Å². The molecule has 4 rings (SSSR count). The third-order valence-electron chi connectivity index (χ3n) is 4.64. The Bertz CT molecular complexity index is 758. The van der Waals surface area contributed by atoms with Crippen LogP contribution >= 0.6 is 11.3 Å². The van der Waals surface area contributed by atoms with Gasteiger partial charge in [-0.3, -0.25) is 4.79 Å². The van der Waals surface area contributed by atoms with Crippen molar-refractivity contribution in [3.8, 4) is 22.1 Å². The molecule has 0 spiro atoms. The second-order valence-corrected chi connectivity index (χ2v) is 7.46. The average Bonchev–Trinajstić information content (AvgIpc) is 3.20. The molecule has 0 radical (unpaired) electrons. The van der Waals surface area contributed by atoms with E-state index >= 15 is 0 Å². The summed E-state index contributed by atoms with van der Waals surface area (Å²) in [4.78, 5) is 19.9. The molecule has 126 valence electrons. The van der Waals surface area contributed by atoms with Gasteiger partial charge >= 0.3 is 0 Å². The number of carbonyl (C=O) groups excluding carboxylic acids is 1. The van der Waals surface area contributed by atoms with Crippen LogP contribution in [-0.2, 0) is 0 Å². The van der Waals surface area contributed by atoms with E-state index in [4.69, 9.17) is 9.47 Å². The fraction of sp³-hybridized carbons (Fsp3) is 0.444. The summed E-state index contributed by atoms with van der Waals surface area (Å²) in [6.45, 7) is 4.21. The van der Waals surface area contributed by atoms with Crippen molar-refractivity contribution in [1.82, 2.24) is 9.88 Å². The number of ether oxygens (including phenoxy) is 2. The predicted molar refractivity (Wildman–Crippen MR) is 92.6 cm³/mol. The van der Waals surface area contributed by atoms with Gasteiger partial charge in [0.1, 0.15) is 9.88 Å². The van der Waals surface area contributed by atoms with E-state index in [0.29, 0.717) is 10.8 Å². The third kappa shape index (κ3) is 2.98. The standard InChI is InChI=1S/C18H20N2O3S/c1-12-3-2-7-20(8-6-12)18(21)16-10-19-17(24-16)13-4-5-14-15(9-13)23-11-22-14/h4-5,9-10,12H,2-3,6-8,11H2,1H3. The van der Waals surface area contributed by atoms with Crippen LogP contribution in [0.25, 0.3) is 10.6 Å². The summed E-state index contributed by atoms with van der Waals surface area (Å²) in [7, 11) is 0. The summed E-state index contributed by atoms with van der Waals surface area (Å²) >= 11 is 1.44. The van der Waals surface area contributed by atoms with Crippen molar-refractivity contribution < 1.29 is 14.3 Å². The van der Waals surface area contributed by atoms with E-state index in [2.05, 4.69) is 11.9 Å². The molecule has 0 saturated carbocycles. The van der Waals surface area contributed by atoms with E-state index in [0.717, 1.165) is 48.0 Å². The van der Waals surface area contributed by atoms with Crippen molar-refractivity contribution in [1.29, 1.82) is 0 Å². The lowest BCUT2D eigenvalue weighted by Crippen LogP contribution is -2.31. The number of amides is 1. The maximum absolute atomic E-state index is 12.7. The number of likely N-dealkylation sites (tertiary alicyclic amines) is 1. The lowest BCUT2D eigenvalue weighted by Gasteiger charge is -2.19. The first-order valence-corrected chi connectivity index (χ1v) is 9.17. The fourth-order valence-corrected chi connectivity index (χ4v) is 4.04. The Balaban J connectivity index is 1.53. The Labute approximate surface area is 145 Å². The zero-order valence-electron chi connectivity index (χ0n) is 13.7. The Hall–Kier alpha value is -2.08. The van der Waals surface area contributed by atoms with Crippen LogP contribution in [0.3, 0.4) is 0 Å². The number of rotatable bonds is 2. The molecule has 2 aromatic rings. The average molecular weight is 344 g/mol. The van der Waals surface area contributed by atoms with Crippen LogP contribution in [-0.4, -0.2) is 35.7 Å². The second kappa shape index (κ2) is 6.43. The van der Waals surface area contributed by atoms with E-state index in [1.807, 2.05) is 23.1 Å². The molecule has 1 atom stereocenters. The smallest absolute Gasteiger partial charge is 0.265 e. The number of benzene rings is 1. The highest BCUT2D eigenvalue weighted by molar-refractivity contribution is 7.16. The fourth-order valence-electron chi connectivity index (χ4n) is 3.16. The van der Waals surface area contributed by atoms with Gasteiger partial charge in [0, 0.05) is 18.7 Å². The summed E-state index contributed by atoms with van der Waals surface area (Å²) in [6.07, 6.45) is 5.07. The highest BCUT2D eigenvalue weighted by Gasteiger charge is 2.22. The Morgan fingerprint density at radius 2 is 2.12 bits per heavy atom. The molecule has 1 unspecified atom stereocenters. The summed E-state index contributed by atoms with van der Waals surface area (Å²) in [5, 5.41) is 0.833. The molecular formula is C18H20N2O3S. The highest BCUT2D eigenvalue weighted by Crippen LogP contribution is 2.37. The molecule has 0 N–H and O–H groups in total. The van der Waals surface area contributed by atoms with Gasteiger partial charge in [-0.25, -0.2) is 4.98 Å². The Morgan fingerprint density at radius 1 is 1.25 bits per heavy atom. The first-order valence-electron chi connectivity index (χ1n) is 8.36. The quantitative estimate of drug-likeness (QED) is 0.831. The van der Waals surface area contributed by atoms with Gasteiger partial charge in [-0.2, -0.15) is 0 Å². The van der Waals surface area contributed by atoms with Gasteiger partial charge in [0.25, 0.3) is 5.91 Å². The van der Waals surface area contributed by atoms with Crippen LogP contribution in [0.15, 0.2) is 24.4 Å². The normalized spacial score (nSPS) is 20.0. The minimum absolute atomic E-state index is 0.105. The maximum Gasteiger partial charge on any atom is 0.265 e. The van der Waals surface area contributed by atoms with Crippen molar-refractivity contribution in [2.45, 2.75) is 26.2 Å². The van der Waals surface area contributed by atoms with Gasteiger partial charge in [0.2, 0.25) is 6.79 Å². The van der Waals surface area contributed by atoms with Crippen LogP contribution < -0.4 is 9.47 Å². The predicted octanol–water partition coefficient (Wildman–Crippen LogP) is 3.80. The van der Waals surface area contributed by atoms with Crippen molar-refractivity contribution >= 4 is 17.2 Å². The molecule has 0 aliphatic carbocycles. The molecule has 1 saturated heterocycles. The SMILES string of the molecule is CC1CCCN(C(=O)c2cnc(-c3ccc4c(c3)OCO4)s2)CC1. The van der Waals surface area contributed by atoms with Gasteiger partial charge in [-0.1, -0.05) is 6.92 Å². The number of aromatic nitrogens is 1. The van der Waals surface area contributed by atoms with Gasteiger partial charge in [-0.05, 0) is 43.4 Å². The molecule has 6 heteroatoms. The van der Waals surface area contributed by atoms with E-state index < -0.39 is 0 Å². The lowest BCUT2D eigenvalue weighted by molar-refractivity contribution is 0.0765. The highest BCUT2D eigenvalue weighted by atomic mass is 32.1. The number of hydrogen-bond donors (Lipinski definition) is 0. The molecule has 2 aliphatic rings. The molecule has 1 aromatic carbocycles. The largest absolute Gasteiger partial charge is 0.454 e. The first kappa shape index (κ1) is 15.4. The molecular weight excluding hydrogens is 324 g/mol. The van der Waals surface area contributed by atoms with Gasteiger partial charge < -0.3 is 14.4 Å². The first-order chi connectivity index (χ1) is 11.7.